The smallest absolute Gasteiger partial charge is 0.161 e. The van der Waals surface area contributed by atoms with Gasteiger partial charge in [-0.25, -0.2) is 0 Å². The van der Waals surface area contributed by atoms with E-state index in [-0.39, 0.29) is 5.25 Å². The molecule has 16 heavy (non-hydrogen) atoms. The molecule has 0 saturated carbocycles. The van der Waals surface area contributed by atoms with E-state index in [0.29, 0.717) is 11.5 Å². The monoisotopic (exact) mass is 237 g/mol. The van der Waals surface area contributed by atoms with E-state index >= 15 is 0 Å². The van der Waals surface area contributed by atoms with Gasteiger partial charge in [-0.15, -0.1) is 11.8 Å². The predicted octanol–water partition coefficient (Wildman–Crippen LogP) is 3.10. The molecule has 0 spiro atoms. The molecule has 0 aliphatic carbocycles. The largest absolute Gasteiger partial charge is 0.493 e. The maximum absolute atomic E-state index is 8.89. The van der Waals surface area contributed by atoms with Crippen LogP contribution in [0.3, 0.4) is 0 Å². The van der Waals surface area contributed by atoms with Crippen LogP contribution in [-0.4, -0.2) is 19.5 Å². The molecule has 1 aromatic carbocycles. The number of methoxy groups -OCH3 is 2. The van der Waals surface area contributed by atoms with Crippen molar-refractivity contribution in [3.63, 3.8) is 0 Å². The SMILES string of the molecule is CCC(C#N)Sc1ccc(OC)c(OC)c1. The lowest BCUT2D eigenvalue weighted by atomic mass is 10.3. The third-order valence-corrected chi connectivity index (χ3v) is 3.40. The fourth-order valence-corrected chi connectivity index (χ4v) is 2.12. The van der Waals surface area contributed by atoms with Crippen LogP contribution in [-0.2, 0) is 0 Å². The lowest BCUT2D eigenvalue weighted by Gasteiger charge is -2.10. The lowest BCUT2D eigenvalue weighted by molar-refractivity contribution is 0.354. The molecule has 0 N–H and O–H groups in total. The minimum absolute atomic E-state index is 0.0156. The zero-order chi connectivity index (χ0) is 12.0. The Kier molecular flexibility index (Phi) is 5.00. The number of benzene rings is 1. The Hall–Kier alpha value is -1.34. The van der Waals surface area contributed by atoms with Crippen molar-refractivity contribution in [3.8, 4) is 17.6 Å². The second kappa shape index (κ2) is 6.29. The van der Waals surface area contributed by atoms with Gasteiger partial charge in [-0.3, -0.25) is 0 Å². The van der Waals surface area contributed by atoms with Crippen molar-refractivity contribution in [2.45, 2.75) is 23.5 Å². The zero-order valence-corrected chi connectivity index (χ0v) is 10.5. The van der Waals surface area contributed by atoms with Crippen molar-refractivity contribution in [1.29, 1.82) is 5.26 Å². The number of thioether (sulfide) groups is 1. The van der Waals surface area contributed by atoms with Gasteiger partial charge in [0.2, 0.25) is 0 Å². The first-order chi connectivity index (χ1) is 7.74. The highest BCUT2D eigenvalue weighted by molar-refractivity contribution is 8.00. The molecule has 1 unspecified atom stereocenters. The standard InChI is InChI=1S/C12H15NO2S/c1-4-9(8-13)16-10-5-6-11(14-2)12(7-10)15-3/h5-7,9H,4H2,1-3H3. The summed E-state index contributed by atoms with van der Waals surface area (Å²) in [6.07, 6.45) is 0.829. The van der Waals surface area contributed by atoms with E-state index in [0.717, 1.165) is 11.3 Å². The van der Waals surface area contributed by atoms with E-state index in [2.05, 4.69) is 6.07 Å². The maximum atomic E-state index is 8.89. The number of rotatable bonds is 5. The number of hydrogen-bond acceptors (Lipinski definition) is 4. The van der Waals surface area contributed by atoms with Crippen molar-refractivity contribution >= 4 is 11.8 Å². The molecule has 1 aromatic rings. The highest BCUT2D eigenvalue weighted by Crippen LogP contribution is 2.33. The second-order valence-electron chi connectivity index (χ2n) is 3.16. The average molecular weight is 237 g/mol. The minimum atomic E-state index is -0.0156. The Morgan fingerprint density at radius 2 is 2.00 bits per heavy atom. The molecule has 0 aliphatic heterocycles. The molecule has 0 aliphatic rings. The molecule has 0 heterocycles. The first-order valence-corrected chi connectivity index (χ1v) is 5.91. The van der Waals surface area contributed by atoms with Crippen LogP contribution in [0.15, 0.2) is 23.1 Å². The predicted molar refractivity (Wildman–Crippen MR) is 65.1 cm³/mol. The van der Waals surface area contributed by atoms with Crippen molar-refractivity contribution in [2.75, 3.05) is 14.2 Å². The Labute approximate surface area is 100 Å². The topological polar surface area (TPSA) is 42.2 Å². The first-order valence-electron chi connectivity index (χ1n) is 5.03. The van der Waals surface area contributed by atoms with Crippen LogP contribution < -0.4 is 9.47 Å². The molecule has 0 amide bonds. The molecule has 0 aromatic heterocycles. The van der Waals surface area contributed by atoms with Gasteiger partial charge in [0, 0.05) is 4.90 Å². The van der Waals surface area contributed by atoms with Gasteiger partial charge in [0.05, 0.1) is 25.5 Å². The van der Waals surface area contributed by atoms with Crippen LogP contribution in [0, 0.1) is 11.3 Å². The van der Waals surface area contributed by atoms with Crippen LogP contribution in [0.1, 0.15) is 13.3 Å². The summed E-state index contributed by atoms with van der Waals surface area (Å²) in [6.45, 7) is 2.00. The van der Waals surface area contributed by atoms with Crippen molar-refractivity contribution < 1.29 is 9.47 Å². The number of nitriles is 1. The summed E-state index contributed by atoms with van der Waals surface area (Å²) in [7, 11) is 3.21. The second-order valence-corrected chi connectivity index (χ2v) is 4.44. The van der Waals surface area contributed by atoms with Crippen LogP contribution in [0.25, 0.3) is 0 Å². The Balaban J connectivity index is 2.87. The van der Waals surface area contributed by atoms with Crippen LogP contribution >= 0.6 is 11.8 Å². The van der Waals surface area contributed by atoms with Gasteiger partial charge in [0.15, 0.2) is 11.5 Å². The molecule has 86 valence electrons. The summed E-state index contributed by atoms with van der Waals surface area (Å²) in [5.74, 6) is 1.40. The van der Waals surface area contributed by atoms with E-state index in [1.807, 2.05) is 25.1 Å². The van der Waals surface area contributed by atoms with E-state index in [4.69, 9.17) is 14.7 Å². The van der Waals surface area contributed by atoms with Crippen LogP contribution in [0.4, 0.5) is 0 Å². The molecule has 1 rings (SSSR count). The van der Waals surface area contributed by atoms with Crippen molar-refractivity contribution in [1.82, 2.24) is 0 Å². The molecule has 3 nitrogen and oxygen atoms in total. The van der Waals surface area contributed by atoms with E-state index in [1.165, 1.54) is 0 Å². The Morgan fingerprint density at radius 1 is 1.31 bits per heavy atom. The van der Waals surface area contributed by atoms with Crippen molar-refractivity contribution in [3.05, 3.63) is 18.2 Å². The van der Waals surface area contributed by atoms with Gasteiger partial charge in [0.1, 0.15) is 0 Å². The van der Waals surface area contributed by atoms with Crippen molar-refractivity contribution in [2.24, 2.45) is 0 Å². The van der Waals surface area contributed by atoms with Gasteiger partial charge in [-0.1, -0.05) is 6.92 Å². The van der Waals surface area contributed by atoms with Gasteiger partial charge in [0.25, 0.3) is 0 Å². The maximum Gasteiger partial charge on any atom is 0.161 e. The van der Waals surface area contributed by atoms with Gasteiger partial charge in [-0.2, -0.15) is 5.26 Å². The van der Waals surface area contributed by atoms with Crippen LogP contribution in [0.2, 0.25) is 0 Å². The first kappa shape index (κ1) is 12.7. The highest BCUT2D eigenvalue weighted by atomic mass is 32.2. The highest BCUT2D eigenvalue weighted by Gasteiger charge is 2.09. The summed E-state index contributed by atoms with van der Waals surface area (Å²) in [4.78, 5) is 1.02. The third-order valence-electron chi connectivity index (χ3n) is 2.15. The third kappa shape index (κ3) is 3.07. The summed E-state index contributed by atoms with van der Waals surface area (Å²) in [5.41, 5.74) is 0. The number of hydrogen-bond donors (Lipinski definition) is 0. The van der Waals surface area contributed by atoms with E-state index in [1.54, 1.807) is 26.0 Å². The zero-order valence-electron chi connectivity index (χ0n) is 9.69. The van der Waals surface area contributed by atoms with Gasteiger partial charge < -0.3 is 9.47 Å². The number of nitrogens with zero attached hydrogens (tertiary/aromatic N) is 1. The lowest BCUT2D eigenvalue weighted by Crippen LogP contribution is -1.96. The molecule has 0 fully saturated rings. The Bertz CT molecular complexity index is 387. The molecule has 0 radical (unpaired) electrons. The van der Waals surface area contributed by atoms with Gasteiger partial charge in [-0.05, 0) is 24.6 Å². The van der Waals surface area contributed by atoms with Crippen LogP contribution in [0.5, 0.6) is 11.5 Å². The Morgan fingerprint density at radius 3 is 2.50 bits per heavy atom. The van der Waals surface area contributed by atoms with Gasteiger partial charge >= 0.3 is 0 Å². The summed E-state index contributed by atoms with van der Waals surface area (Å²) in [5, 5.41) is 8.87. The molecular formula is C12H15NO2S. The fraction of sp³-hybridized carbons (Fsp3) is 0.417. The average Bonchev–Trinajstić information content (AvgIpc) is 2.35. The van der Waals surface area contributed by atoms with E-state index in [9.17, 15) is 0 Å². The molecule has 4 heteroatoms. The molecule has 1 atom stereocenters. The molecule has 0 saturated heterocycles. The minimum Gasteiger partial charge on any atom is -0.493 e. The summed E-state index contributed by atoms with van der Waals surface area (Å²) >= 11 is 1.54. The quantitative estimate of drug-likeness (QED) is 0.738. The summed E-state index contributed by atoms with van der Waals surface area (Å²) in [6, 6.07) is 7.94. The fourth-order valence-electron chi connectivity index (χ4n) is 1.26. The number of ether oxygens (including phenoxy) is 2. The normalized spacial score (nSPS) is 11.6. The molecule has 0 bridgehead atoms. The molecular weight excluding hydrogens is 222 g/mol. The van der Waals surface area contributed by atoms with E-state index < -0.39 is 0 Å². The summed E-state index contributed by atoms with van der Waals surface area (Å²) < 4.78 is 10.4.